The van der Waals surface area contributed by atoms with E-state index in [2.05, 4.69) is 4.98 Å². The summed E-state index contributed by atoms with van der Waals surface area (Å²) in [6.45, 7) is 0.277. The lowest BCUT2D eigenvalue weighted by atomic mass is 10.1. The highest BCUT2D eigenvalue weighted by Crippen LogP contribution is 2.40. The number of methoxy groups -OCH3 is 1. The molecule has 0 amide bonds. The Kier molecular flexibility index (Phi) is 1.68. The molecule has 1 aromatic carbocycles. The third kappa shape index (κ3) is 1.11. The number of pyridine rings is 1. The fraction of sp³-hybridized carbons (Fsp3) is 0.182. The maximum atomic E-state index is 5.41. The number of hydrogen-bond acceptors (Lipinski definition) is 4. The van der Waals surface area contributed by atoms with Crippen LogP contribution in [-0.4, -0.2) is 18.9 Å². The first-order valence-electron chi connectivity index (χ1n) is 4.61. The van der Waals surface area contributed by atoms with Gasteiger partial charge in [-0.25, -0.2) is 4.98 Å². The molecule has 0 unspecified atom stereocenters. The summed E-state index contributed by atoms with van der Waals surface area (Å²) in [4.78, 5) is 4.13. The first-order valence-corrected chi connectivity index (χ1v) is 4.61. The quantitative estimate of drug-likeness (QED) is 0.710. The largest absolute Gasteiger partial charge is 0.481 e. The lowest BCUT2D eigenvalue weighted by Crippen LogP contribution is -1.93. The van der Waals surface area contributed by atoms with E-state index in [4.69, 9.17) is 14.2 Å². The Morgan fingerprint density at radius 2 is 2.13 bits per heavy atom. The minimum atomic E-state index is 0.277. The molecule has 0 spiro atoms. The smallest absolute Gasteiger partial charge is 0.231 e. The van der Waals surface area contributed by atoms with Gasteiger partial charge in [0.05, 0.1) is 7.11 Å². The molecule has 0 N–H and O–H groups in total. The van der Waals surface area contributed by atoms with Gasteiger partial charge in [-0.3, -0.25) is 0 Å². The van der Waals surface area contributed by atoms with Gasteiger partial charge < -0.3 is 14.2 Å². The predicted octanol–water partition coefficient (Wildman–Crippen LogP) is 1.97. The van der Waals surface area contributed by atoms with Crippen LogP contribution < -0.4 is 14.2 Å². The van der Waals surface area contributed by atoms with Crippen LogP contribution in [0.25, 0.3) is 10.8 Å². The number of rotatable bonds is 1. The van der Waals surface area contributed by atoms with Crippen LogP contribution in [0.15, 0.2) is 24.4 Å². The highest BCUT2D eigenvalue weighted by molar-refractivity contribution is 5.94. The van der Waals surface area contributed by atoms with Gasteiger partial charge in [0.25, 0.3) is 0 Å². The van der Waals surface area contributed by atoms with Crippen molar-refractivity contribution >= 4 is 10.8 Å². The molecule has 2 aromatic rings. The zero-order chi connectivity index (χ0) is 10.3. The van der Waals surface area contributed by atoms with Crippen molar-refractivity contribution in [2.45, 2.75) is 0 Å². The van der Waals surface area contributed by atoms with Crippen LogP contribution in [0.4, 0.5) is 0 Å². The van der Waals surface area contributed by atoms with Crippen molar-refractivity contribution in [3.8, 4) is 17.4 Å². The molecule has 0 bridgehead atoms. The van der Waals surface area contributed by atoms with Crippen molar-refractivity contribution in [2.75, 3.05) is 13.9 Å². The molecule has 0 radical (unpaired) electrons. The van der Waals surface area contributed by atoms with E-state index < -0.39 is 0 Å². The van der Waals surface area contributed by atoms with Gasteiger partial charge in [-0.2, -0.15) is 0 Å². The molecule has 0 saturated heterocycles. The molecule has 1 aliphatic rings. The predicted molar refractivity (Wildman–Crippen MR) is 54.4 cm³/mol. The summed E-state index contributed by atoms with van der Waals surface area (Å²) in [6, 6.07) is 5.69. The topological polar surface area (TPSA) is 40.6 Å². The van der Waals surface area contributed by atoms with Gasteiger partial charge in [0.1, 0.15) is 0 Å². The molecule has 4 nitrogen and oxygen atoms in total. The molecule has 0 atom stereocenters. The van der Waals surface area contributed by atoms with Gasteiger partial charge >= 0.3 is 0 Å². The van der Waals surface area contributed by atoms with Crippen molar-refractivity contribution in [2.24, 2.45) is 0 Å². The number of nitrogens with zero attached hydrogens (tertiary/aromatic N) is 1. The second-order valence-corrected chi connectivity index (χ2v) is 3.21. The lowest BCUT2D eigenvalue weighted by Gasteiger charge is -2.05. The van der Waals surface area contributed by atoms with Crippen molar-refractivity contribution < 1.29 is 14.2 Å². The minimum Gasteiger partial charge on any atom is -0.481 e. The third-order valence-corrected chi connectivity index (χ3v) is 2.43. The van der Waals surface area contributed by atoms with Gasteiger partial charge in [-0.15, -0.1) is 0 Å². The molecule has 1 aromatic heterocycles. The molecule has 3 rings (SSSR count). The summed E-state index contributed by atoms with van der Waals surface area (Å²) in [5.41, 5.74) is 0. The number of aromatic nitrogens is 1. The molecule has 2 heterocycles. The molecule has 0 fully saturated rings. The van der Waals surface area contributed by atoms with Crippen molar-refractivity contribution in [3.63, 3.8) is 0 Å². The molecular formula is C11H9NO3. The van der Waals surface area contributed by atoms with E-state index in [0.29, 0.717) is 5.88 Å². The number of ether oxygens (including phenoxy) is 3. The van der Waals surface area contributed by atoms with E-state index in [1.165, 1.54) is 0 Å². The summed E-state index contributed by atoms with van der Waals surface area (Å²) in [7, 11) is 1.60. The van der Waals surface area contributed by atoms with Crippen LogP contribution in [0.3, 0.4) is 0 Å². The standard InChI is InChI=1S/C11H9NO3/c1-13-11-8-2-3-9-10(15-6-14-9)7(8)4-5-12-11/h2-5H,6H2,1H3. The van der Waals surface area contributed by atoms with Crippen LogP contribution >= 0.6 is 0 Å². The average Bonchev–Trinajstić information content (AvgIpc) is 2.76. The van der Waals surface area contributed by atoms with Crippen molar-refractivity contribution in [3.05, 3.63) is 24.4 Å². The zero-order valence-electron chi connectivity index (χ0n) is 8.19. The zero-order valence-corrected chi connectivity index (χ0v) is 8.19. The Hall–Kier alpha value is -1.97. The van der Waals surface area contributed by atoms with Crippen LogP contribution in [0.1, 0.15) is 0 Å². The first-order chi connectivity index (χ1) is 7.40. The number of fused-ring (bicyclic) bond motifs is 3. The SMILES string of the molecule is COc1nccc2c3c(ccc12)OCO3. The van der Waals surface area contributed by atoms with Gasteiger partial charge in [-0.1, -0.05) is 0 Å². The highest BCUT2D eigenvalue weighted by atomic mass is 16.7. The fourth-order valence-electron chi connectivity index (χ4n) is 1.76. The molecule has 4 heteroatoms. The van der Waals surface area contributed by atoms with Crippen molar-refractivity contribution in [1.82, 2.24) is 4.98 Å². The van der Waals surface area contributed by atoms with Crippen LogP contribution in [0.2, 0.25) is 0 Å². The van der Waals surface area contributed by atoms with Crippen LogP contribution in [0, 0.1) is 0 Å². The molecule has 0 aliphatic carbocycles. The van der Waals surface area contributed by atoms with Crippen molar-refractivity contribution in [1.29, 1.82) is 0 Å². The van der Waals surface area contributed by atoms with Gasteiger partial charge in [0.15, 0.2) is 11.5 Å². The highest BCUT2D eigenvalue weighted by Gasteiger charge is 2.18. The Bertz CT molecular complexity index is 524. The molecule has 1 aliphatic heterocycles. The van der Waals surface area contributed by atoms with E-state index in [1.807, 2.05) is 18.2 Å². The molecular weight excluding hydrogens is 194 g/mol. The molecule has 0 saturated carbocycles. The summed E-state index contributed by atoms with van der Waals surface area (Å²) >= 11 is 0. The van der Waals surface area contributed by atoms with E-state index in [-0.39, 0.29) is 6.79 Å². The Morgan fingerprint density at radius 3 is 3.00 bits per heavy atom. The third-order valence-electron chi connectivity index (χ3n) is 2.43. The molecule has 76 valence electrons. The Labute approximate surface area is 86.4 Å². The maximum Gasteiger partial charge on any atom is 0.231 e. The van der Waals surface area contributed by atoms with Crippen LogP contribution in [0.5, 0.6) is 17.4 Å². The summed E-state index contributed by atoms with van der Waals surface area (Å²) in [6.07, 6.45) is 1.70. The maximum absolute atomic E-state index is 5.41. The summed E-state index contributed by atoms with van der Waals surface area (Å²) in [5.74, 6) is 2.15. The Balaban J connectivity index is 2.37. The molecule has 15 heavy (non-hydrogen) atoms. The second kappa shape index (κ2) is 3.02. The number of benzene rings is 1. The van der Waals surface area contributed by atoms with Gasteiger partial charge in [0, 0.05) is 17.0 Å². The normalized spacial score (nSPS) is 13.1. The lowest BCUT2D eigenvalue weighted by molar-refractivity contribution is 0.175. The van der Waals surface area contributed by atoms with E-state index in [0.717, 1.165) is 22.3 Å². The van der Waals surface area contributed by atoms with E-state index >= 15 is 0 Å². The van der Waals surface area contributed by atoms with Gasteiger partial charge in [0.2, 0.25) is 12.7 Å². The summed E-state index contributed by atoms with van der Waals surface area (Å²) in [5, 5.41) is 1.90. The van der Waals surface area contributed by atoms with Gasteiger partial charge in [-0.05, 0) is 18.2 Å². The summed E-state index contributed by atoms with van der Waals surface area (Å²) < 4.78 is 15.9. The van der Waals surface area contributed by atoms with Crippen LogP contribution in [-0.2, 0) is 0 Å². The Morgan fingerprint density at radius 1 is 1.20 bits per heavy atom. The number of hydrogen-bond donors (Lipinski definition) is 0. The minimum absolute atomic E-state index is 0.277. The first kappa shape index (κ1) is 8.35. The average molecular weight is 203 g/mol. The fourth-order valence-corrected chi connectivity index (χ4v) is 1.76. The van der Waals surface area contributed by atoms with E-state index in [9.17, 15) is 0 Å². The monoisotopic (exact) mass is 203 g/mol. The van der Waals surface area contributed by atoms with E-state index in [1.54, 1.807) is 13.3 Å². The second-order valence-electron chi connectivity index (χ2n) is 3.21.